The lowest BCUT2D eigenvalue weighted by molar-refractivity contribution is 0.672. The molecular formula is C15H17N5. The van der Waals surface area contributed by atoms with Gasteiger partial charge in [0.1, 0.15) is 12.2 Å². The summed E-state index contributed by atoms with van der Waals surface area (Å²) >= 11 is 0. The van der Waals surface area contributed by atoms with Crippen molar-refractivity contribution >= 4 is 10.9 Å². The van der Waals surface area contributed by atoms with Crippen molar-refractivity contribution in [2.75, 3.05) is 6.54 Å². The Kier molecular flexibility index (Phi) is 3.69. The third kappa shape index (κ3) is 3.00. The van der Waals surface area contributed by atoms with E-state index >= 15 is 0 Å². The fraction of sp³-hybridized carbons (Fsp3) is 0.267. The van der Waals surface area contributed by atoms with Crippen molar-refractivity contribution in [3.8, 4) is 0 Å². The number of hydrogen-bond acceptors (Lipinski definition) is 4. The third-order valence-electron chi connectivity index (χ3n) is 3.23. The maximum absolute atomic E-state index is 4.51. The SMILES string of the molecule is Cc1ccc2cc(CNCCc3ncn[nH]3)ccc2n1. The zero-order valence-electron chi connectivity index (χ0n) is 11.4. The van der Waals surface area contributed by atoms with Crippen LogP contribution in [0.1, 0.15) is 17.1 Å². The molecule has 20 heavy (non-hydrogen) atoms. The van der Waals surface area contributed by atoms with E-state index in [1.165, 1.54) is 17.3 Å². The Balaban J connectivity index is 1.58. The Morgan fingerprint density at radius 3 is 3.00 bits per heavy atom. The standard InChI is InChI=1S/C15H17N5/c1-11-2-4-13-8-12(3-5-14(13)19-11)9-16-7-6-15-17-10-18-20-15/h2-5,8,10,16H,6-7,9H2,1H3,(H,17,18,20). The molecule has 5 nitrogen and oxygen atoms in total. The van der Waals surface area contributed by atoms with Crippen molar-refractivity contribution in [1.82, 2.24) is 25.5 Å². The van der Waals surface area contributed by atoms with Gasteiger partial charge < -0.3 is 5.32 Å². The van der Waals surface area contributed by atoms with Crippen LogP contribution in [-0.2, 0) is 13.0 Å². The first kappa shape index (κ1) is 12.7. The molecule has 2 N–H and O–H groups in total. The number of nitrogens with zero attached hydrogens (tertiary/aromatic N) is 3. The molecule has 0 saturated heterocycles. The highest BCUT2D eigenvalue weighted by atomic mass is 15.2. The second-order valence-corrected chi connectivity index (χ2v) is 4.84. The quantitative estimate of drug-likeness (QED) is 0.694. The smallest absolute Gasteiger partial charge is 0.137 e. The number of pyridine rings is 1. The molecule has 1 aromatic carbocycles. The fourth-order valence-electron chi connectivity index (χ4n) is 2.18. The van der Waals surface area contributed by atoms with E-state index in [1.807, 2.05) is 13.0 Å². The molecule has 0 amide bonds. The van der Waals surface area contributed by atoms with E-state index in [4.69, 9.17) is 0 Å². The molecular weight excluding hydrogens is 250 g/mol. The number of rotatable bonds is 5. The van der Waals surface area contributed by atoms with Gasteiger partial charge in [-0.25, -0.2) is 4.98 Å². The van der Waals surface area contributed by atoms with Crippen LogP contribution in [0.3, 0.4) is 0 Å². The number of nitrogens with one attached hydrogen (secondary N) is 2. The maximum atomic E-state index is 4.51. The van der Waals surface area contributed by atoms with Gasteiger partial charge in [-0.15, -0.1) is 0 Å². The van der Waals surface area contributed by atoms with Gasteiger partial charge in [-0.3, -0.25) is 10.1 Å². The van der Waals surface area contributed by atoms with Gasteiger partial charge in [-0.2, -0.15) is 5.10 Å². The molecule has 5 heteroatoms. The molecule has 3 rings (SSSR count). The van der Waals surface area contributed by atoms with Gasteiger partial charge in [0, 0.05) is 30.6 Å². The summed E-state index contributed by atoms with van der Waals surface area (Å²) in [6, 6.07) is 10.5. The van der Waals surface area contributed by atoms with Crippen molar-refractivity contribution in [1.29, 1.82) is 0 Å². The summed E-state index contributed by atoms with van der Waals surface area (Å²) in [5.41, 5.74) is 3.37. The first-order valence-electron chi connectivity index (χ1n) is 6.72. The Bertz CT molecular complexity index is 691. The van der Waals surface area contributed by atoms with Crippen LogP contribution in [0.15, 0.2) is 36.7 Å². The number of aryl methyl sites for hydroxylation is 1. The molecule has 0 aliphatic heterocycles. The van der Waals surface area contributed by atoms with Crippen LogP contribution in [0.4, 0.5) is 0 Å². The van der Waals surface area contributed by atoms with Gasteiger partial charge in [0.2, 0.25) is 0 Å². The molecule has 0 unspecified atom stereocenters. The summed E-state index contributed by atoms with van der Waals surface area (Å²) in [6.45, 7) is 3.73. The summed E-state index contributed by atoms with van der Waals surface area (Å²) in [5, 5.41) is 11.3. The number of benzene rings is 1. The van der Waals surface area contributed by atoms with Gasteiger partial charge in [0.05, 0.1) is 5.52 Å². The number of aromatic nitrogens is 4. The second kappa shape index (κ2) is 5.79. The van der Waals surface area contributed by atoms with E-state index in [1.54, 1.807) is 0 Å². The lowest BCUT2D eigenvalue weighted by Gasteiger charge is -2.05. The molecule has 3 aromatic rings. The van der Waals surface area contributed by atoms with Gasteiger partial charge in [0.25, 0.3) is 0 Å². The van der Waals surface area contributed by atoms with Crippen LogP contribution >= 0.6 is 0 Å². The molecule has 0 aliphatic rings. The summed E-state index contributed by atoms with van der Waals surface area (Å²) in [6.07, 6.45) is 2.39. The molecule has 2 aromatic heterocycles. The first-order chi connectivity index (χ1) is 9.81. The third-order valence-corrected chi connectivity index (χ3v) is 3.23. The Hall–Kier alpha value is -2.27. The molecule has 0 radical (unpaired) electrons. The molecule has 0 atom stereocenters. The summed E-state index contributed by atoms with van der Waals surface area (Å²) in [4.78, 5) is 8.60. The highest BCUT2D eigenvalue weighted by molar-refractivity contribution is 5.79. The molecule has 0 fully saturated rings. The number of hydrogen-bond donors (Lipinski definition) is 2. The topological polar surface area (TPSA) is 66.5 Å². The first-order valence-corrected chi connectivity index (χ1v) is 6.72. The molecule has 0 aliphatic carbocycles. The van der Waals surface area contributed by atoms with Gasteiger partial charge in [-0.05, 0) is 30.7 Å². The van der Waals surface area contributed by atoms with Crippen molar-refractivity contribution in [3.63, 3.8) is 0 Å². The number of H-pyrrole nitrogens is 1. The number of aromatic amines is 1. The molecule has 0 bridgehead atoms. The Morgan fingerprint density at radius 2 is 2.15 bits per heavy atom. The Labute approximate surface area is 117 Å². The summed E-state index contributed by atoms with van der Waals surface area (Å²) in [7, 11) is 0. The van der Waals surface area contributed by atoms with Gasteiger partial charge in [-0.1, -0.05) is 12.1 Å². The fourth-order valence-corrected chi connectivity index (χ4v) is 2.18. The van der Waals surface area contributed by atoms with Crippen molar-refractivity contribution in [2.45, 2.75) is 19.9 Å². The largest absolute Gasteiger partial charge is 0.312 e. The van der Waals surface area contributed by atoms with Crippen molar-refractivity contribution in [2.24, 2.45) is 0 Å². The zero-order chi connectivity index (χ0) is 13.8. The Morgan fingerprint density at radius 1 is 1.20 bits per heavy atom. The average molecular weight is 267 g/mol. The van der Waals surface area contributed by atoms with Gasteiger partial charge >= 0.3 is 0 Å². The highest BCUT2D eigenvalue weighted by Gasteiger charge is 1.99. The van der Waals surface area contributed by atoms with E-state index in [9.17, 15) is 0 Å². The number of fused-ring (bicyclic) bond motifs is 1. The second-order valence-electron chi connectivity index (χ2n) is 4.84. The van der Waals surface area contributed by atoms with Crippen LogP contribution in [0, 0.1) is 6.92 Å². The average Bonchev–Trinajstić information content (AvgIpc) is 2.97. The zero-order valence-corrected chi connectivity index (χ0v) is 11.4. The van der Waals surface area contributed by atoms with E-state index in [2.05, 4.69) is 49.7 Å². The minimum Gasteiger partial charge on any atom is -0.312 e. The lowest BCUT2D eigenvalue weighted by Crippen LogP contribution is -2.17. The van der Waals surface area contributed by atoms with E-state index in [0.29, 0.717) is 0 Å². The molecule has 0 saturated carbocycles. The lowest BCUT2D eigenvalue weighted by atomic mass is 10.1. The minimum atomic E-state index is 0.845. The van der Waals surface area contributed by atoms with Crippen LogP contribution in [-0.4, -0.2) is 26.7 Å². The van der Waals surface area contributed by atoms with Crippen molar-refractivity contribution in [3.05, 3.63) is 53.7 Å². The normalized spacial score (nSPS) is 11.1. The summed E-state index contributed by atoms with van der Waals surface area (Å²) in [5.74, 6) is 0.913. The summed E-state index contributed by atoms with van der Waals surface area (Å²) < 4.78 is 0. The predicted octanol–water partition coefficient (Wildman–Crippen LogP) is 1.99. The molecule has 102 valence electrons. The molecule has 2 heterocycles. The van der Waals surface area contributed by atoms with Crippen molar-refractivity contribution < 1.29 is 0 Å². The minimum absolute atomic E-state index is 0.845. The van der Waals surface area contributed by atoms with Crippen LogP contribution < -0.4 is 5.32 Å². The van der Waals surface area contributed by atoms with E-state index < -0.39 is 0 Å². The highest BCUT2D eigenvalue weighted by Crippen LogP contribution is 2.14. The van der Waals surface area contributed by atoms with Crippen LogP contribution in [0.5, 0.6) is 0 Å². The predicted molar refractivity (Wildman–Crippen MR) is 78.3 cm³/mol. The molecule has 0 spiro atoms. The maximum Gasteiger partial charge on any atom is 0.137 e. The van der Waals surface area contributed by atoms with E-state index in [0.717, 1.165) is 36.5 Å². The van der Waals surface area contributed by atoms with E-state index in [-0.39, 0.29) is 0 Å². The van der Waals surface area contributed by atoms with Gasteiger partial charge in [0.15, 0.2) is 0 Å². The monoisotopic (exact) mass is 267 g/mol. The van der Waals surface area contributed by atoms with Crippen LogP contribution in [0.2, 0.25) is 0 Å². The van der Waals surface area contributed by atoms with Crippen LogP contribution in [0.25, 0.3) is 10.9 Å².